The summed E-state index contributed by atoms with van der Waals surface area (Å²) in [6, 6.07) is 10.0. The van der Waals surface area contributed by atoms with Crippen LogP contribution in [0.1, 0.15) is 27.9 Å². The molecule has 0 aliphatic carbocycles. The average molecular weight is 469 g/mol. The van der Waals surface area contributed by atoms with E-state index in [1.54, 1.807) is 24.3 Å². The second-order valence-corrected chi connectivity index (χ2v) is 8.15. The molecule has 1 atom stereocenters. The van der Waals surface area contributed by atoms with Gasteiger partial charge in [-0.3, -0.25) is 19.7 Å². The zero-order chi connectivity index (χ0) is 21.5. The van der Waals surface area contributed by atoms with Crippen LogP contribution in [0.5, 0.6) is 11.5 Å². The summed E-state index contributed by atoms with van der Waals surface area (Å²) >= 11 is 3.32. The number of rotatable bonds is 3. The minimum atomic E-state index is -1.40. The largest absolute Gasteiger partial charge is 0.507 e. The van der Waals surface area contributed by atoms with Crippen molar-refractivity contribution in [3.8, 4) is 23.3 Å². The van der Waals surface area contributed by atoms with E-state index in [0.29, 0.717) is 27.9 Å². The van der Waals surface area contributed by atoms with Gasteiger partial charge in [0, 0.05) is 23.1 Å². The molecule has 4 rings (SSSR count). The highest BCUT2D eigenvalue weighted by Crippen LogP contribution is 2.34. The normalized spacial score (nSPS) is 19.9. The average Bonchev–Trinajstić information content (AvgIpc) is 3.18. The van der Waals surface area contributed by atoms with Crippen molar-refractivity contribution in [3.63, 3.8) is 0 Å². The molecule has 2 heterocycles. The van der Waals surface area contributed by atoms with Gasteiger partial charge in [0.15, 0.2) is 0 Å². The van der Waals surface area contributed by atoms with Crippen LogP contribution in [0.2, 0.25) is 0 Å². The van der Waals surface area contributed by atoms with Crippen LogP contribution in [0.4, 0.5) is 0 Å². The first-order valence-corrected chi connectivity index (χ1v) is 9.93. The smallest absolute Gasteiger partial charge is 0.254 e. The number of amides is 3. The number of benzene rings is 2. The van der Waals surface area contributed by atoms with Crippen molar-refractivity contribution in [1.29, 1.82) is 0 Å². The molecule has 2 aliphatic rings. The minimum Gasteiger partial charge on any atom is -0.507 e. The van der Waals surface area contributed by atoms with Crippen molar-refractivity contribution in [3.05, 3.63) is 57.6 Å². The van der Waals surface area contributed by atoms with Crippen molar-refractivity contribution in [2.45, 2.75) is 13.0 Å². The number of imide groups is 1. The number of hydrogen-bond donors (Lipinski definition) is 2. The summed E-state index contributed by atoms with van der Waals surface area (Å²) in [5, 5.41) is 12.3. The van der Waals surface area contributed by atoms with Crippen LogP contribution < -0.4 is 10.1 Å². The molecule has 152 valence electrons. The molecule has 3 amide bonds. The number of carbonyl (C=O) groups excluding carboxylic acids is 3. The number of phenolic OH excluding ortho intramolecular Hbond substituents is 1. The van der Waals surface area contributed by atoms with Crippen LogP contribution in [0, 0.1) is 17.3 Å². The minimum absolute atomic E-state index is 0.0395. The van der Waals surface area contributed by atoms with Crippen LogP contribution in [-0.2, 0) is 16.1 Å². The monoisotopic (exact) mass is 468 g/mol. The molecule has 1 saturated heterocycles. The van der Waals surface area contributed by atoms with Crippen LogP contribution >= 0.6 is 15.9 Å². The van der Waals surface area contributed by atoms with Gasteiger partial charge in [-0.1, -0.05) is 33.8 Å². The number of hydrogen-bond acceptors (Lipinski definition) is 5. The summed E-state index contributed by atoms with van der Waals surface area (Å²) in [7, 11) is 1.52. The number of halogens is 1. The fourth-order valence-electron chi connectivity index (χ4n) is 3.63. The van der Waals surface area contributed by atoms with Gasteiger partial charge in [0.1, 0.15) is 16.9 Å². The summed E-state index contributed by atoms with van der Waals surface area (Å²) in [6.07, 6.45) is -0.156. The standard InChI is InChI=1S/C22H17BrN2O5/c1-30-16-4-2-14-11-25(20(28)17(14)9-16)12-22(10-19(27)24-21(22)29)7-6-13-8-15(23)3-5-18(13)26/h2-5,8-9,26H,10-12H2,1H3,(H,24,27,29). The molecule has 30 heavy (non-hydrogen) atoms. The summed E-state index contributed by atoms with van der Waals surface area (Å²) in [5.41, 5.74) is 0.245. The number of nitrogens with zero attached hydrogens (tertiary/aromatic N) is 1. The van der Waals surface area contributed by atoms with Crippen molar-refractivity contribution >= 4 is 33.7 Å². The molecule has 0 saturated carbocycles. The molecule has 2 N–H and O–H groups in total. The summed E-state index contributed by atoms with van der Waals surface area (Å²) < 4.78 is 5.90. The first kappa shape index (κ1) is 20.0. The topological polar surface area (TPSA) is 95.9 Å². The van der Waals surface area contributed by atoms with Crippen LogP contribution in [-0.4, -0.2) is 41.4 Å². The molecule has 0 bridgehead atoms. The van der Waals surface area contributed by atoms with E-state index in [9.17, 15) is 19.5 Å². The lowest BCUT2D eigenvalue weighted by molar-refractivity contribution is -0.127. The molecule has 1 fully saturated rings. The molecular weight excluding hydrogens is 452 g/mol. The second kappa shape index (κ2) is 7.50. The SMILES string of the molecule is COc1ccc2c(c1)C(=O)N(CC1(C#Cc3cc(Br)ccc3O)CC(=O)NC1=O)C2. The number of carbonyl (C=O) groups is 3. The number of nitrogens with one attached hydrogen (secondary N) is 1. The predicted molar refractivity (Wildman–Crippen MR) is 111 cm³/mol. The third-order valence-corrected chi connectivity index (χ3v) is 5.69. The van der Waals surface area contributed by atoms with E-state index >= 15 is 0 Å². The molecule has 2 aromatic rings. The van der Waals surface area contributed by atoms with Gasteiger partial charge in [0.05, 0.1) is 19.1 Å². The number of ether oxygens (including phenoxy) is 1. The Labute approximate surface area is 181 Å². The number of fused-ring (bicyclic) bond motifs is 1. The number of aromatic hydroxyl groups is 1. The molecule has 8 heteroatoms. The van der Waals surface area contributed by atoms with Gasteiger partial charge in [0.25, 0.3) is 5.91 Å². The Morgan fingerprint density at radius 3 is 2.73 bits per heavy atom. The molecule has 2 aromatic carbocycles. The van der Waals surface area contributed by atoms with Crippen LogP contribution in [0.25, 0.3) is 0 Å². The molecule has 0 aromatic heterocycles. The van der Waals surface area contributed by atoms with E-state index in [0.717, 1.165) is 5.56 Å². The van der Waals surface area contributed by atoms with E-state index in [4.69, 9.17) is 4.74 Å². The summed E-state index contributed by atoms with van der Waals surface area (Å²) in [4.78, 5) is 39.1. The second-order valence-electron chi connectivity index (χ2n) is 7.23. The van der Waals surface area contributed by atoms with Crippen molar-refractivity contribution in [2.75, 3.05) is 13.7 Å². The van der Waals surface area contributed by atoms with Gasteiger partial charge in [-0.25, -0.2) is 0 Å². The highest BCUT2D eigenvalue weighted by atomic mass is 79.9. The van der Waals surface area contributed by atoms with E-state index < -0.39 is 17.2 Å². The lowest BCUT2D eigenvalue weighted by Gasteiger charge is -2.25. The Morgan fingerprint density at radius 1 is 1.23 bits per heavy atom. The number of phenols is 1. The van der Waals surface area contributed by atoms with E-state index in [1.807, 2.05) is 6.07 Å². The fourth-order valence-corrected chi connectivity index (χ4v) is 3.99. The highest BCUT2D eigenvalue weighted by molar-refractivity contribution is 9.10. The predicted octanol–water partition coefficient (Wildman–Crippen LogP) is 2.20. The summed E-state index contributed by atoms with van der Waals surface area (Å²) in [5.74, 6) is 4.98. The first-order chi connectivity index (χ1) is 14.3. The third kappa shape index (κ3) is 3.53. The van der Waals surface area contributed by atoms with Gasteiger partial charge in [-0.05, 0) is 35.9 Å². The van der Waals surface area contributed by atoms with Crippen molar-refractivity contribution in [2.24, 2.45) is 5.41 Å². The molecule has 2 aliphatic heterocycles. The van der Waals surface area contributed by atoms with Crippen molar-refractivity contribution < 1.29 is 24.2 Å². The zero-order valence-electron chi connectivity index (χ0n) is 16.0. The van der Waals surface area contributed by atoms with Crippen LogP contribution in [0.15, 0.2) is 40.9 Å². The van der Waals surface area contributed by atoms with E-state index in [-0.39, 0.29) is 24.6 Å². The maximum absolute atomic E-state index is 12.9. The Kier molecular flexibility index (Phi) is 5.00. The Morgan fingerprint density at radius 2 is 2.03 bits per heavy atom. The third-order valence-electron chi connectivity index (χ3n) is 5.20. The molecule has 0 spiro atoms. The Bertz CT molecular complexity index is 1150. The maximum Gasteiger partial charge on any atom is 0.254 e. The lowest BCUT2D eigenvalue weighted by Crippen LogP contribution is -2.42. The first-order valence-electron chi connectivity index (χ1n) is 9.13. The lowest BCUT2D eigenvalue weighted by atomic mass is 9.85. The quantitative estimate of drug-likeness (QED) is 0.531. The molecule has 7 nitrogen and oxygen atoms in total. The van der Waals surface area contributed by atoms with Gasteiger partial charge < -0.3 is 14.7 Å². The van der Waals surface area contributed by atoms with Crippen molar-refractivity contribution in [1.82, 2.24) is 10.2 Å². The Hall–Kier alpha value is -3.31. The van der Waals surface area contributed by atoms with Gasteiger partial charge in [-0.2, -0.15) is 0 Å². The fraction of sp³-hybridized carbons (Fsp3) is 0.227. The van der Waals surface area contributed by atoms with Crippen LogP contribution in [0.3, 0.4) is 0 Å². The van der Waals surface area contributed by atoms with Gasteiger partial charge in [-0.15, -0.1) is 0 Å². The Balaban J connectivity index is 1.67. The van der Waals surface area contributed by atoms with Gasteiger partial charge >= 0.3 is 0 Å². The molecule has 0 radical (unpaired) electrons. The maximum atomic E-state index is 12.9. The van der Waals surface area contributed by atoms with E-state index in [2.05, 4.69) is 33.1 Å². The summed E-state index contributed by atoms with van der Waals surface area (Å²) in [6.45, 7) is 0.271. The van der Waals surface area contributed by atoms with E-state index in [1.165, 1.54) is 18.1 Å². The zero-order valence-corrected chi connectivity index (χ0v) is 17.6. The van der Waals surface area contributed by atoms with Gasteiger partial charge in [0.2, 0.25) is 11.8 Å². The number of methoxy groups -OCH3 is 1. The molecular formula is C22H17BrN2O5. The highest BCUT2D eigenvalue weighted by Gasteiger charge is 2.48. The molecule has 1 unspecified atom stereocenters.